The van der Waals surface area contributed by atoms with Gasteiger partial charge in [-0.2, -0.15) is 4.31 Å². The van der Waals surface area contributed by atoms with Gasteiger partial charge in [0.1, 0.15) is 0 Å². The molecule has 28 heavy (non-hydrogen) atoms. The van der Waals surface area contributed by atoms with Crippen LogP contribution in [0.15, 0.2) is 29.2 Å². The number of nitrogens with zero attached hydrogens (tertiary/aromatic N) is 1. The first-order chi connectivity index (χ1) is 13.4. The van der Waals surface area contributed by atoms with Crippen LogP contribution in [0.3, 0.4) is 0 Å². The average molecular weight is 427 g/mol. The van der Waals surface area contributed by atoms with Crippen LogP contribution in [0.1, 0.15) is 32.1 Å². The first kappa shape index (κ1) is 20.1. The fourth-order valence-corrected chi connectivity index (χ4v) is 6.22. The minimum atomic E-state index is -3.54. The number of halogens is 1. The first-order valence-corrected chi connectivity index (χ1v) is 11.8. The number of hydrogen-bond acceptors (Lipinski definition) is 5. The van der Waals surface area contributed by atoms with E-state index in [0.29, 0.717) is 42.9 Å². The number of benzene rings is 1. The Bertz CT molecular complexity index is 809. The zero-order valence-corrected chi connectivity index (χ0v) is 17.3. The highest BCUT2D eigenvalue weighted by molar-refractivity contribution is 7.89. The number of hydrazine groups is 1. The summed E-state index contributed by atoms with van der Waals surface area (Å²) in [5, 5.41) is 3.73. The summed E-state index contributed by atoms with van der Waals surface area (Å²) in [5.74, 6) is 0.500. The van der Waals surface area contributed by atoms with E-state index in [2.05, 4.69) is 16.2 Å². The standard InChI is InChI=1S/C19H27ClN4O3S/c20-15-4-6-16(7-5-15)28(26,27)24-10-8-13(9-11-24)19(25)22-17-3-1-2-14-12-21-23-18(14)17/h4-7,13-14,17-18,21,23H,1-3,8-12H2,(H,22,25). The van der Waals surface area contributed by atoms with E-state index in [-0.39, 0.29) is 22.8 Å². The summed E-state index contributed by atoms with van der Waals surface area (Å²) in [6.07, 6.45) is 4.41. The molecule has 2 heterocycles. The molecular formula is C19H27ClN4O3S. The van der Waals surface area contributed by atoms with Gasteiger partial charge in [-0.1, -0.05) is 18.0 Å². The molecule has 3 fully saturated rings. The molecule has 3 aliphatic rings. The van der Waals surface area contributed by atoms with Gasteiger partial charge < -0.3 is 5.32 Å². The highest BCUT2D eigenvalue weighted by atomic mass is 35.5. The Labute approximate surface area is 171 Å². The van der Waals surface area contributed by atoms with E-state index in [1.54, 1.807) is 12.1 Å². The van der Waals surface area contributed by atoms with Crippen LogP contribution in [0.25, 0.3) is 0 Å². The summed E-state index contributed by atoms with van der Waals surface area (Å²) in [5.41, 5.74) is 6.51. The lowest BCUT2D eigenvalue weighted by Crippen LogP contribution is -2.54. The van der Waals surface area contributed by atoms with Gasteiger partial charge in [-0.25, -0.2) is 8.42 Å². The normalized spacial score (nSPS) is 29.4. The molecule has 2 saturated heterocycles. The summed E-state index contributed by atoms with van der Waals surface area (Å²) in [6.45, 7) is 1.68. The third-order valence-electron chi connectivity index (χ3n) is 6.27. The summed E-state index contributed by atoms with van der Waals surface area (Å²) < 4.78 is 27.0. The molecule has 3 atom stereocenters. The van der Waals surface area contributed by atoms with E-state index in [4.69, 9.17) is 11.6 Å². The predicted molar refractivity (Wildman–Crippen MR) is 107 cm³/mol. The van der Waals surface area contributed by atoms with E-state index in [9.17, 15) is 13.2 Å². The van der Waals surface area contributed by atoms with Gasteiger partial charge in [-0.3, -0.25) is 15.6 Å². The molecule has 1 aromatic carbocycles. The second-order valence-corrected chi connectivity index (χ2v) is 10.4. The molecule has 1 saturated carbocycles. The van der Waals surface area contributed by atoms with Gasteiger partial charge in [-0.05, 0) is 55.9 Å². The van der Waals surface area contributed by atoms with Gasteiger partial charge >= 0.3 is 0 Å². The minimum Gasteiger partial charge on any atom is -0.351 e. The van der Waals surface area contributed by atoms with Crippen molar-refractivity contribution in [2.24, 2.45) is 11.8 Å². The molecule has 3 unspecified atom stereocenters. The lowest BCUT2D eigenvalue weighted by atomic mass is 9.82. The van der Waals surface area contributed by atoms with Gasteiger partial charge in [0.2, 0.25) is 15.9 Å². The van der Waals surface area contributed by atoms with E-state index in [1.165, 1.54) is 22.9 Å². The van der Waals surface area contributed by atoms with Gasteiger partial charge in [0, 0.05) is 42.7 Å². The Morgan fingerprint density at radius 1 is 1.11 bits per heavy atom. The van der Waals surface area contributed by atoms with Crippen LogP contribution in [0.5, 0.6) is 0 Å². The van der Waals surface area contributed by atoms with Crippen molar-refractivity contribution in [2.75, 3.05) is 19.6 Å². The largest absolute Gasteiger partial charge is 0.351 e. The lowest BCUT2D eigenvalue weighted by Gasteiger charge is -2.36. The zero-order chi connectivity index (χ0) is 19.7. The first-order valence-electron chi connectivity index (χ1n) is 9.99. The smallest absolute Gasteiger partial charge is 0.243 e. The summed E-state index contributed by atoms with van der Waals surface area (Å²) in [6, 6.07) is 6.66. The Hall–Kier alpha value is -1.19. The topological polar surface area (TPSA) is 90.5 Å². The molecular weight excluding hydrogens is 400 g/mol. The Balaban J connectivity index is 1.33. The maximum absolute atomic E-state index is 12.8. The number of amides is 1. The van der Waals surface area contributed by atoms with Crippen LogP contribution < -0.4 is 16.2 Å². The van der Waals surface area contributed by atoms with Gasteiger partial charge in [0.15, 0.2) is 0 Å². The van der Waals surface area contributed by atoms with Crippen LogP contribution >= 0.6 is 11.6 Å². The maximum atomic E-state index is 12.8. The monoisotopic (exact) mass is 426 g/mol. The molecule has 154 valence electrons. The number of carbonyl (C=O) groups is 1. The maximum Gasteiger partial charge on any atom is 0.243 e. The zero-order valence-electron chi connectivity index (χ0n) is 15.7. The van der Waals surface area contributed by atoms with Crippen LogP contribution in [0.2, 0.25) is 5.02 Å². The molecule has 1 aromatic rings. The predicted octanol–water partition coefficient (Wildman–Crippen LogP) is 1.50. The van der Waals surface area contributed by atoms with Crippen molar-refractivity contribution < 1.29 is 13.2 Å². The van der Waals surface area contributed by atoms with Crippen molar-refractivity contribution in [3.05, 3.63) is 29.3 Å². The number of piperidine rings is 1. The average Bonchev–Trinajstić information content (AvgIpc) is 3.18. The number of nitrogens with one attached hydrogen (secondary N) is 3. The van der Waals surface area contributed by atoms with Gasteiger partial charge in [0.25, 0.3) is 0 Å². The Morgan fingerprint density at radius 2 is 1.82 bits per heavy atom. The summed E-state index contributed by atoms with van der Waals surface area (Å²) >= 11 is 5.85. The lowest BCUT2D eigenvalue weighted by molar-refractivity contribution is -0.127. The fraction of sp³-hybridized carbons (Fsp3) is 0.632. The number of rotatable bonds is 4. The Kier molecular flexibility index (Phi) is 5.94. The molecule has 9 heteroatoms. The van der Waals surface area contributed by atoms with Crippen LogP contribution in [0.4, 0.5) is 0 Å². The van der Waals surface area contributed by atoms with Crippen molar-refractivity contribution in [1.82, 2.24) is 20.5 Å². The van der Waals surface area contributed by atoms with E-state index >= 15 is 0 Å². The second kappa shape index (κ2) is 8.28. The third-order valence-corrected chi connectivity index (χ3v) is 8.43. The van der Waals surface area contributed by atoms with Gasteiger partial charge in [0.05, 0.1) is 4.90 Å². The molecule has 0 aromatic heterocycles. The molecule has 0 radical (unpaired) electrons. The van der Waals surface area contributed by atoms with Crippen LogP contribution in [-0.2, 0) is 14.8 Å². The fourth-order valence-electron chi connectivity index (χ4n) is 4.62. The molecule has 1 aliphatic carbocycles. The van der Waals surface area contributed by atoms with Crippen LogP contribution in [0, 0.1) is 11.8 Å². The molecule has 4 rings (SSSR count). The van der Waals surface area contributed by atoms with Crippen molar-refractivity contribution in [1.29, 1.82) is 0 Å². The van der Waals surface area contributed by atoms with Crippen molar-refractivity contribution in [3.8, 4) is 0 Å². The number of sulfonamides is 1. The van der Waals surface area contributed by atoms with Crippen molar-refractivity contribution in [3.63, 3.8) is 0 Å². The Morgan fingerprint density at radius 3 is 2.54 bits per heavy atom. The number of fused-ring (bicyclic) bond motifs is 1. The van der Waals surface area contributed by atoms with Crippen LogP contribution in [-0.4, -0.2) is 50.3 Å². The number of carbonyl (C=O) groups excluding carboxylic acids is 1. The molecule has 7 nitrogen and oxygen atoms in total. The molecule has 2 aliphatic heterocycles. The van der Waals surface area contributed by atoms with Crippen molar-refractivity contribution >= 4 is 27.5 Å². The van der Waals surface area contributed by atoms with E-state index in [1.807, 2.05) is 0 Å². The quantitative estimate of drug-likeness (QED) is 0.678. The summed E-state index contributed by atoms with van der Waals surface area (Å²) in [4.78, 5) is 13.0. The highest BCUT2D eigenvalue weighted by Gasteiger charge is 2.39. The highest BCUT2D eigenvalue weighted by Crippen LogP contribution is 2.28. The summed E-state index contributed by atoms with van der Waals surface area (Å²) in [7, 11) is -3.54. The second-order valence-electron chi connectivity index (χ2n) is 7.99. The SMILES string of the molecule is O=C(NC1CCCC2CNNC21)C1CCN(S(=O)(=O)c2ccc(Cl)cc2)CC1. The minimum absolute atomic E-state index is 0.0582. The number of hydrogen-bond donors (Lipinski definition) is 3. The molecule has 1 amide bonds. The van der Waals surface area contributed by atoms with Gasteiger partial charge in [-0.15, -0.1) is 0 Å². The van der Waals surface area contributed by atoms with E-state index < -0.39 is 10.0 Å². The third kappa shape index (κ3) is 4.07. The molecule has 3 N–H and O–H groups in total. The molecule has 0 spiro atoms. The van der Waals surface area contributed by atoms with Crippen molar-refractivity contribution in [2.45, 2.75) is 49.1 Å². The molecule has 0 bridgehead atoms. The van der Waals surface area contributed by atoms with E-state index in [0.717, 1.165) is 19.4 Å².